The van der Waals surface area contributed by atoms with Gasteiger partial charge in [0.15, 0.2) is 0 Å². The van der Waals surface area contributed by atoms with Crippen molar-refractivity contribution in [3.63, 3.8) is 0 Å². The van der Waals surface area contributed by atoms with E-state index in [4.69, 9.17) is 0 Å². The molecule has 3 rings (SSSR count). The summed E-state index contributed by atoms with van der Waals surface area (Å²) >= 11 is 0. The number of rotatable bonds is 2. The molecule has 2 amide bonds. The number of hydrogen-bond donors (Lipinski definition) is 2. The second-order valence-electron chi connectivity index (χ2n) is 6.70. The summed E-state index contributed by atoms with van der Waals surface area (Å²) in [6.45, 7) is 5.64. The van der Waals surface area contributed by atoms with Crippen molar-refractivity contribution in [2.45, 2.75) is 27.2 Å². The molecular formula is C16H19N3O2. The standard InChI is InChI=1S/C16H19N3O2/c1-16(2,3)15(21)17-10-6-4-9(5-7-10)13-11-8-12(11)14(20)19-18-13/h4-7,11-12H,8H2,1-3H3,(H,17,21)(H,19,20). The van der Waals surface area contributed by atoms with E-state index in [9.17, 15) is 9.59 Å². The van der Waals surface area contributed by atoms with E-state index in [0.29, 0.717) is 0 Å². The summed E-state index contributed by atoms with van der Waals surface area (Å²) in [7, 11) is 0. The van der Waals surface area contributed by atoms with Gasteiger partial charge >= 0.3 is 0 Å². The highest BCUT2D eigenvalue weighted by Gasteiger charge is 2.49. The van der Waals surface area contributed by atoms with Crippen LogP contribution < -0.4 is 10.7 Å². The minimum atomic E-state index is -0.419. The number of hydrazone groups is 1. The minimum Gasteiger partial charge on any atom is -0.326 e. The quantitative estimate of drug-likeness (QED) is 0.874. The van der Waals surface area contributed by atoms with E-state index in [1.54, 1.807) is 0 Å². The second-order valence-corrected chi connectivity index (χ2v) is 6.70. The molecule has 0 radical (unpaired) electrons. The molecule has 5 nitrogen and oxygen atoms in total. The third-order valence-electron chi connectivity index (χ3n) is 3.88. The summed E-state index contributed by atoms with van der Waals surface area (Å²) in [6, 6.07) is 7.61. The van der Waals surface area contributed by atoms with E-state index in [-0.39, 0.29) is 23.7 Å². The van der Waals surface area contributed by atoms with E-state index in [0.717, 1.165) is 23.4 Å². The first kappa shape index (κ1) is 13.8. The average molecular weight is 285 g/mol. The van der Waals surface area contributed by atoms with Gasteiger partial charge < -0.3 is 5.32 Å². The van der Waals surface area contributed by atoms with E-state index < -0.39 is 5.41 Å². The molecule has 0 bridgehead atoms. The molecule has 0 saturated heterocycles. The van der Waals surface area contributed by atoms with Gasteiger partial charge in [0, 0.05) is 22.9 Å². The second kappa shape index (κ2) is 4.69. The Kier molecular flexibility index (Phi) is 3.08. The van der Waals surface area contributed by atoms with Crippen molar-refractivity contribution < 1.29 is 9.59 Å². The van der Waals surface area contributed by atoms with Gasteiger partial charge in [-0.25, -0.2) is 5.43 Å². The van der Waals surface area contributed by atoms with Crippen LogP contribution in [0.4, 0.5) is 5.69 Å². The van der Waals surface area contributed by atoms with Crippen molar-refractivity contribution in [3.05, 3.63) is 29.8 Å². The largest absolute Gasteiger partial charge is 0.326 e. The lowest BCUT2D eigenvalue weighted by Gasteiger charge is -2.18. The average Bonchev–Trinajstić information content (AvgIpc) is 3.20. The SMILES string of the molecule is CC(C)(C)C(=O)Nc1ccc(C2=NNC(=O)C3CC23)cc1. The van der Waals surface area contributed by atoms with Crippen LogP contribution in [0.25, 0.3) is 0 Å². The van der Waals surface area contributed by atoms with Crippen molar-refractivity contribution in [2.75, 3.05) is 5.32 Å². The van der Waals surface area contributed by atoms with E-state index in [1.165, 1.54) is 0 Å². The summed E-state index contributed by atoms with van der Waals surface area (Å²) in [6.07, 6.45) is 0.882. The number of hydrogen-bond acceptors (Lipinski definition) is 3. The van der Waals surface area contributed by atoms with Gasteiger partial charge in [0.25, 0.3) is 0 Å². The molecule has 110 valence electrons. The summed E-state index contributed by atoms with van der Waals surface area (Å²) in [5, 5.41) is 7.06. The highest BCUT2D eigenvalue weighted by Crippen LogP contribution is 2.43. The Bertz CT molecular complexity index is 626. The number of nitrogens with one attached hydrogen (secondary N) is 2. The molecule has 1 fully saturated rings. The highest BCUT2D eigenvalue weighted by molar-refractivity contribution is 6.09. The van der Waals surface area contributed by atoms with Crippen LogP contribution in [-0.4, -0.2) is 17.5 Å². The molecule has 1 aromatic carbocycles. The van der Waals surface area contributed by atoms with Crippen LogP contribution in [0.3, 0.4) is 0 Å². The van der Waals surface area contributed by atoms with Crippen LogP contribution >= 0.6 is 0 Å². The van der Waals surface area contributed by atoms with Gasteiger partial charge in [-0.05, 0) is 24.1 Å². The predicted octanol–water partition coefficient (Wildman–Crippen LogP) is 2.14. The van der Waals surface area contributed by atoms with Gasteiger partial charge in [0.05, 0.1) is 5.71 Å². The number of fused-ring (bicyclic) bond motifs is 1. The number of carbonyl (C=O) groups is 2. The Hall–Kier alpha value is -2.17. The molecule has 2 unspecified atom stereocenters. The van der Waals surface area contributed by atoms with Gasteiger partial charge in [-0.15, -0.1) is 0 Å². The predicted molar refractivity (Wildman–Crippen MR) is 80.8 cm³/mol. The lowest BCUT2D eigenvalue weighted by atomic mass is 9.95. The van der Waals surface area contributed by atoms with Crippen LogP contribution in [-0.2, 0) is 9.59 Å². The molecule has 2 atom stereocenters. The Morgan fingerprint density at radius 3 is 2.52 bits per heavy atom. The Morgan fingerprint density at radius 1 is 1.24 bits per heavy atom. The first-order chi connectivity index (χ1) is 9.86. The zero-order valence-corrected chi connectivity index (χ0v) is 12.4. The zero-order valence-electron chi connectivity index (χ0n) is 12.4. The number of nitrogens with zero attached hydrogens (tertiary/aromatic N) is 1. The zero-order chi connectivity index (χ0) is 15.2. The van der Waals surface area contributed by atoms with Gasteiger partial charge in [-0.2, -0.15) is 5.10 Å². The molecule has 0 aromatic heterocycles. The fourth-order valence-corrected chi connectivity index (χ4v) is 2.39. The maximum atomic E-state index is 11.9. The monoisotopic (exact) mass is 285 g/mol. The molecule has 1 aromatic rings. The van der Waals surface area contributed by atoms with Gasteiger partial charge in [0.1, 0.15) is 0 Å². The Balaban J connectivity index is 1.73. The lowest BCUT2D eigenvalue weighted by molar-refractivity contribution is -0.123. The number of benzene rings is 1. The van der Waals surface area contributed by atoms with Crippen molar-refractivity contribution in [3.8, 4) is 0 Å². The maximum Gasteiger partial charge on any atom is 0.243 e. The molecule has 1 aliphatic carbocycles. The smallest absolute Gasteiger partial charge is 0.243 e. The van der Waals surface area contributed by atoms with Crippen molar-refractivity contribution >= 4 is 23.2 Å². The highest BCUT2D eigenvalue weighted by atomic mass is 16.2. The molecule has 1 saturated carbocycles. The van der Waals surface area contributed by atoms with E-state index >= 15 is 0 Å². The lowest BCUT2D eigenvalue weighted by Crippen LogP contribution is -2.29. The third-order valence-corrected chi connectivity index (χ3v) is 3.88. The number of amides is 2. The third kappa shape index (κ3) is 2.68. The fraction of sp³-hybridized carbons (Fsp3) is 0.438. The van der Waals surface area contributed by atoms with Crippen LogP contribution in [0.2, 0.25) is 0 Å². The fourth-order valence-electron chi connectivity index (χ4n) is 2.39. The molecule has 0 spiro atoms. The van der Waals surface area contributed by atoms with E-state index in [1.807, 2.05) is 45.0 Å². The van der Waals surface area contributed by atoms with Crippen LogP contribution in [0, 0.1) is 17.3 Å². The van der Waals surface area contributed by atoms with Crippen LogP contribution in [0.15, 0.2) is 29.4 Å². The summed E-state index contributed by atoms with van der Waals surface area (Å²) in [4.78, 5) is 23.3. The summed E-state index contributed by atoms with van der Waals surface area (Å²) < 4.78 is 0. The Morgan fingerprint density at radius 2 is 1.90 bits per heavy atom. The topological polar surface area (TPSA) is 70.6 Å². The van der Waals surface area contributed by atoms with Crippen molar-refractivity contribution in [2.24, 2.45) is 22.4 Å². The maximum absolute atomic E-state index is 11.9. The number of carbonyl (C=O) groups excluding carboxylic acids is 2. The van der Waals surface area contributed by atoms with E-state index in [2.05, 4.69) is 15.8 Å². The number of anilines is 1. The summed E-state index contributed by atoms with van der Waals surface area (Å²) in [5.41, 5.74) is 4.85. The molecule has 1 heterocycles. The molecule has 5 heteroatoms. The first-order valence-corrected chi connectivity index (χ1v) is 7.15. The van der Waals surface area contributed by atoms with Gasteiger partial charge in [-0.1, -0.05) is 32.9 Å². The van der Waals surface area contributed by atoms with Crippen LogP contribution in [0.5, 0.6) is 0 Å². The summed E-state index contributed by atoms with van der Waals surface area (Å²) in [5.74, 6) is 0.365. The Labute approximate surface area is 123 Å². The van der Waals surface area contributed by atoms with Gasteiger partial charge in [-0.3, -0.25) is 9.59 Å². The van der Waals surface area contributed by atoms with Crippen molar-refractivity contribution in [1.29, 1.82) is 0 Å². The molecule has 21 heavy (non-hydrogen) atoms. The first-order valence-electron chi connectivity index (χ1n) is 7.15. The molecule has 1 aliphatic heterocycles. The minimum absolute atomic E-state index is 0.0141. The van der Waals surface area contributed by atoms with Crippen LogP contribution in [0.1, 0.15) is 32.8 Å². The molecule has 2 N–H and O–H groups in total. The van der Waals surface area contributed by atoms with Crippen molar-refractivity contribution in [1.82, 2.24) is 5.43 Å². The molecule has 2 aliphatic rings. The normalized spacial score (nSPS) is 23.8. The molecular weight excluding hydrogens is 266 g/mol. The van der Waals surface area contributed by atoms with Gasteiger partial charge in [0.2, 0.25) is 11.8 Å².